The number of hydrogen-bond donors (Lipinski definition) is 2. The van der Waals surface area contributed by atoms with Crippen molar-refractivity contribution in [2.24, 2.45) is 0 Å². The molecule has 0 aromatic rings. The maximum Gasteiger partial charge on any atom is 0.237 e. The van der Waals surface area contributed by atoms with E-state index in [4.69, 9.17) is 4.74 Å². The molecule has 0 spiro atoms. The molecule has 4 nitrogen and oxygen atoms in total. The fourth-order valence-electron chi connectivity index (χ4n) is 1.36. The third kappa shape index (κ3) is 7.65. The Hall–Kier alpha value is -0.610. The Labute approximate surface area is 99.1 Å². The highest BCUT2D eigenvalue weighted by Gasteiger charge is 2.20. The van der Waals surface area contributed by atoms with E-state index in [2.05, 4.69) is 17.6 Å². The van der Waals surface area contributed by atoms with Crippen LogP contribution >= 0.6 is 0 Å². The summed E-state index contributed by atoms with van der Waals surface area (Å²) in [5.74, 6) is 0.0387. The fourth-order valence-corrected chi connectivity index (χ4v) is 1.36. The third-order valence-corrected chi connectivity index (χ3v) is 2.18. The number of hydrogen-bond acceptors (Lipinski definition) is 3. The summed E-state index contributed by atoms with van der Waals surface area (Å²) in [7, 11) is 1.68. The monoisotopic (exact) mass is 230 g/mol. The lowest BCUT2D eigenvalue weighted by molar-refractivity contribution is -0.124. The van der Waals surface area contributed by atoms with Crippen molar-refractivity contribution in [3.63, 3.8) is 0 Å². The molecule has 2 N–H and O–H groups in total. The van der Waals surface area contributed by atoms with Crippen LogP contribution in [0, 0.1) is 0 Å². The first kappa shape index (κ1) is 15.4. The molecular formula is C12H26N2O2. The summed E-state index contributed by atoms with van der Waals surface area (Å²) in [4.78, 5) is 11.8. The van der Waals surface area contributed by atoms with E-state index in [1.54, 1.807) is 7.11 Å². The summed E-state index contributed by atoms with van der Waals surface area (Å²) in [5.41, 5.74) is -0.178. The van der Waals surface area contributed by atoms with Crippen molar-refractivity contribution in [2.45, 2.75) is 58.7 Å². The molecule has 0 bridgehead atoms. The standard InChI is InChI=1S/C12H26N2O2/c1-9(7-8-16-6)13-10(2)11(15)14-12(3,4)5/h9-10,13H,7-8H2,1-6H3,(H,14,15). The van der Waals surface area contributed by atoms with Crippen molar-refractivity contribution >= 4 is 5.91 Å². The molecule has 4 heteroatoms. The van der Waals surface area contributed by atoms with Gasteiger partial charge in [0.1, 0.15) is 0 Å². The second-order valence-electron chi connectivity index (χ2n) is 5.31. The Bertz CT molecular complexity index is 212. The number of amides is 1. The number of nitrogens with one attached hydrogen (secondary N) is 2. The van der Waals surface area contributed by atoms with Crippen LogP contribution in [0.15, 0.2) is 0 Å². The first-order valence-electron chi connectivity index (χ1n) is 5.83. The van der Waals surface area contributed by atoms with Gasteiger partial charge in [0.05, 0.1) is 6.04 Å². The number of carbonyl (C=O) groups excluding carboxylic acids is 1. The molecule has 0 radical (unpaired) electrons. The van der Waals surface area contributed by atoms with Gasteiger partial charge in [0.15, 0.2) is 0 Å². The zero-order valence-corrected chi connectivity index (χ0v) is 11.4. The smallest absolute Gasteiger partial charge is 0.237 e. The van der Waals surface area contributed by atoms with Gasteiger partial charge in [-0.15, -0.1) is 0 Å². The average molecular weight is 230 g/mol. The van der Waals surface area contributed by atoms with E-state index in [1.165, 1.54) is 0 Å². The van der Waals surface area contributed by atoms with Gasteiger partial charge in [-0.3, -0.25) is 4.79 Å². The van der Waals surface area contributed by atoms with Gasteiger partial charge in [-0.1, -0.05) is 0 Å². The van der Waals surface area contributed by atoms with E-state index in [9.17, 15) is 4.79 Å². The maximum atomic E-state index is 11.8. The molecule has 2 unspecified atom stereocenters. The van der Waals surface area contributed by atoms with E-state index in [0.29, 0.717) is 6.61 Å². The van der Waals surface area contributed by atoms with Gasteiger partial charge in [-0.2, -0.15) is 0 Å². The van der Waals surface area contributed by atoms with Crippen LogP contribution < -0.4 is 10.6 Å². The maximum absolute atomic E-state index is 11.8. The highest BCUT2D eigenvalue weighted by atomic mass is 16.5. The van der Waals surface area contributed by atoms with Crippen LogP contribution in [0.4, 0.5) is 0 Å². The minimum atomic E-state index is -0.178. The van der Waals surface area contributed by atoms with Gasteiger partial charge in [0.2, 0.25) is 5.91 Å². The Balaban J connectivity index is 3.95. The van der Waals surface area contributed by atoms with Gasteiger partial charge in [0.25, 0.3) is 0 Å². The topological polar surface area (TPSA) is 50.4 Å². The zero-order valence-electron chi connectivity index (χ0n) is 11.4. The molecule has 0 aliphatic carbocycles. The van der Waals surface area contributed by atoms with Gasteiger partial charge < -0.3 is 15.4 Å². The lowest BCUT2D eigenvalue weighted by Gasteiger charge is -2.25. The lowest BCUT2D eigenvalue weighted by Crippen LogP contribution is -2.51. The molecular weight excluding hydrogens is 204 g/mol. The van der Waals surface area contributed by atoms with Crippen LogP contribution in [0.1, 0.15) is 41.0 Å². The predicted octanol–water partition coefficient (Wildman–Crippen LogP) is 1.30. The molecule has 16 heavy (non-hydrogen) atoms. The largest absolute Gasteiger partial charge is 0.385 e. The normalized spacial score (nSPS) is 15.6. The average Bonchev–Trinajstić information content (AvgIpc) is 2.11. The summed E-state index contributed by atoms with van der Waals surface area (Å²) in [6, 6.07) is 0.103. The van der Waals surface area contributed by atoms with Gasteiger partial charge in [0, 0.05) is 25.3 Å². The van der Waals surface area contributed by atoms with Gasteiger partial charge >= 0.3 is 0 Å². The summed E-state index contributed by atoms with van der Waals surface area (Å²) in [6.45, 7) is 10.6. The van der Waals surface area contributed by atoms with Crippen LogP contribution in [0.5, 0.6) is 0 Å². The second-order valence-corrected chi connectivity index (χ2v) is 5.31. The van der Waals surface area contributed by atoms with Crippen LogP contribution in [-0.2, 0) is 9.53 Å². The van der Waals surface area contributed by atoms with Crippen LogP contribution in [-0.4, -0.2) is 37.2 Å². The van der Waals surface area contributed by atoms with Gasteiger partial charge in [-0.25, -0.2) is 0 Å². The molecule has 0 saturated carbocycles. The highest BCUT2D eigenvalue weighted by molar-refractivity contribution is 5.81. The van der Waals surface area contributed by atoms with Crippen LogP contribution in [0.2, 0.25) is 0 Å². The number of carbonyl (C=O) groups is 1. The van der Waals surface area contributed by atoms with Crippen molar-refractivity contribution in [1.29, 1.82) is 0 Å². The molecule has 0 aromatic carbocycles. The van der Waals surface area contributed by atoms with E-state index in [1.807, 2.05) is 27.7 Å². The van der Waals surface area contributed by atoms with Crippen molar-refractivity contribution in [3.05, 3.63) is 0 Å². The van der Waals surface area contributed by atoms with Gasteiger partial charge in [-0.05, 0) is 41.0 Å². The number of rotatable bonds is 6. The lowest BCUT2D eigenvalue weighted by atomic mass is 10.1. The molecule has 96 valence electrons. The molecule has 0 fully saturated rings. The third-order valence-electron chi connectivity index (χ3n) is 2.18. The van der Waals surface area contributed by atoms with E-state index >= 15 is 0 Å². The molecule has 0 aromatic heterocycles. The zero-order chi connectivity index (χ0) is 12.8. The quantitative estimate of drug-likeness (QED) is 0.723. The molecule has 0 aliphatic rings. The minimum Gasteiger partial charge on any atom is -0.385 e. The molecule has 0 aliphatic heterocycles. The Morgan fingerprint density at radius 3 is 2.31 bits per heavy atom. The van der Waals surface area contributed by atoms with Crippen molar-refractivity contribution in [2.75, 3.05) is 13.7 Å². The van der Waals surface area contributed by atoms with Crippen molar-refractivity contribution in [3.8, 4) is 0 Å². The Morgan fingerprint density at radius 2 is 1.88 bits per heavy atom. The van der Waals surface area contributed by atoms with E-state index in [0.717, 1.165) is 6.42 Å². The first-order chi connectivity index (χ1) is 7.26. The number of methoxy groups -OCH3 is 1. The number of ether oxygens (including phenoxy) is 1. The Morgan fingerprint density at radius 1 is 1.31 bits per heavy atom. The fraction of sp³-hybridized carbons (Fsp3) is 0.917. The molecule has 2 atom stereocenters. The van der Waals surface area contributed by atoms with Crippen LogP contribution in [0.3, 0.4) is 0 Å². The summed E-state index contributed by atoms with van der Waals surface area (Å²) in [6.07, 6.45) is 0.906. The van der Waals surface area contributed by atoms with E-state index < -0.39 is 0 Å². The highest BCUT2D eigenvalue weighted by Crippen LogP contribution is 2.00. The molecule has 0 saturated heterocycles. The summed E-state index contributed by atoms with van der Waals surface area (Å²) < 4.78 is 4.99. The minimum absolute atomic E-state index is 0.0387. The summed E-state index contributed by atoms with van der Waals surface area (Å²) >= 11 is 0. The van der Waals surface area contributed by atoms with E-state index in [-0.39, 0.29) is 23.5 Å². The molecule has 1 amide bonds. The molecule has 0 heterocycles. The predicted molar refractivity (Wildman–Crippen MR) is 66.4 cm³/mol. The van der Waals surface area contributed by atoms with Crippen molar-refractivity contribution < 1.29 is 9.53 Å². The molecule has 0 rings (SSSR count). The second kappa shape index (κ2) is 6.86. The Kier molecular flexibility index (Phi) is 6.60. The van der Waals surface area contributed by atoms with Crippen LogP contribution in [0.25, 0.3) is 0 Å². The SMILES string of the molecule is COCCC(C)NC(C)C(=O)NC(C)(C)C. The first-order valence-corrected chi connectivity index (χ1v) is 5.83. The van der Waals surface area contributed by atoms with Crippen molar-refractivity contribution in [1.82, 2.24) is 10.6 Å². The summed E-state index contributed by atoms with van der Waals surface area (Å²) in [5, 5.41) is 6.19.